The first-order valence-corrected chi connectivity index (χ1v) is 12.9. The fraction of sp³-hybridized carbons (Fsp3) is 0.259. The molecule has 7 heteroatoms. The summed E-state index contributed by atoms with van der Waals surface area (Å²) in [6, 6.07) is 20.0. The number of phenolic OH excluding ortho intramolecular Hbond substituents is 1. The smallest absolute Gasteiger partial charge is 0.264 e. The summed E-state index contributed by atoms with van der Waals surface area (Å²) in [5.74, 6) is 0.856. The second kappa shape index (κ2) is 8.72. The molecule has 0 radical (unpaired) electrons. The molecule has 0 amide bonds. The number of nitrogens with zero attached hydrogens (tertiary/aromatic N) is 1. The summed E-state index contributed by atoms with van der Waals surface area (Å²) in [7, 11) is -2.18. The van der Waals surface area contributed by atoms with Crippen LogP contribution in [0, 0.1) is 5.92 Å². The number of para-hydroxylation sites is 1. The molecule has 2 N–H and O–H groups in total. The first kappa shape index (κ1) is 22.3. The van der Waals surface area contributed by atoms with Gasteiger partial charge < -0.3 is 15.2 Å². The number of ether oxygens (including phenoxy) is 1. The molecule has 0 spiro atoms. The number of sulfonamides is 1. The Morgan fingerprint density at radius 2 is 1.88 bits per heavy atom. The minimum atomic E-state index is -3.71. The van der Waals surface area contributed by atoms with Crippen molar-refractivity contribution < 1.29 is 18.3 Å². The van der Waals surface area contributed by atoms with Crippen LogP contribution in [0.4, 0.5) is 11.4 Å². The Kier molecular flexibility index (Phi) is 5.73. The summed E-state index contributed by atoms with van der Waals surface area (Å²) in [5, 5.41) is 13.9. The van der Waals surface area contributed by atoms with Crippen LogP contribution in [0.3, 0.4) is 0 Å². The SMILES string of the molecule is CCN(c1ccccc1)S(=O)(=O)c1ccc2c(c1)C1C=CCC1C(c1ccc(OC)c(O)c1)N2. The molecule has 0 saturated heterocycles. The molecular formula is C27H28N2O4S. The molecule has 1 aliphatic heterocycles. The van der Waals surface area contributed by atoms with Crippen molar-refractivity contribution in [3.63, 3.8) is 0 Å². The first-order chi connectivity index (χ1) is 16.4. The molecule has 0 aromatic heterocycles. The van der Waals surface area contributed by atoms with E-state index in [-0.39, 0.29) is 23.6 Å². The monoisotopic (exact) mass is 476 g/mol. The average Bonchev–Trinajstić information content (AvgIpc) is 3.34. The van der Waals surface area contributed by atoms with Gasteiger partial charge in [-0.05, 0) is 72.9 Å². The molecule has 6 nitrogen and oxygen atoms in total. The number of fused-ring (bicyclic) bond motifs is 3. The van der Waals surface area contributed by atoms with Crippen molar-refractivity contribution in [2.45, 2.75) is 30.2 Å². The van der Waals surface area contributed by atoms with Gasteiger partial charge in [-0.3, -0.25) is 4.31 Å². The fourth-order valence-corrected chi connectivity index (χ4v) is 6.69. The number of hydrogen-bond acceptors (Lipinski definition) is 5. The topological polar surface area (TPSA) is 78.9 Å². The third-order valence-electron chi connectivity index (χ3n) is 6.82. The summed E-state index contributed by atoms with van der Waals surface area (Å²) >= 11 is 0. The highest BCUT2D eigenvalue weighted by Crippen LogP contribution is 2.51. The minimum Gasteiger partial charge on any atom is -0.504 e. The van der Waals surface area contributed by atoms with Crippen LogP contribution in [0.25, 0.3) is 0 Å². The van der Waals surface area contributed by atoms with Crippen molar-refractivity contribution in [1.29, 1.82) is 0 Å². The van der Waals surface area contributed by atoms with E-state index in [0.29, 0.717) is 22.9 Å². The summed E-state index contributed by atoms with van der Waals surface area (Å²) in [6.07, 6.45) is 5.20. The molecule has 1 heterocycles. The molecule has 0 saturated carbocycles. The fourth-order valence-electron chi connectivity index (χ4n) is 5.18. The number of nitrogens with one attached hydrogen (secondary N) is 1. The largest absolute Gasteiger partial charge is 0.504 e. The number of rotatable bonds is 6. The number of methoxy groups -OCH3 is 1. The Bertz CT molecular complexity index is 1340. The molecule has 2 aliphatic rings. The van der Waals surface area contributed by atoms with E-state index in [4.69, 9.17) is 4.74 Å². The Morgan fingerprint density at radius 1 is 1.09 bits per heavy atom. The van der Waals surface area contributed by atoms with Gasteiger partial charge in [0.1, 0.15) is 0 Å². The van der Waals surface area contributed by atoms with E-state index in [1.54, 1.807) is 18.2 Å². The van der Waals surface area contributed by atoms with Crippen LogP contribution in [0.15, 0.2) is 83.8 Å². The van der Waals surface area contributed by atoms with Crippen molar-refractivity contribution in [3.05, 3.63) is 90.0 Å². The van der Waals surface area contributed by atoms with Gasteiger partial charge in [0.05, 0.1) is 23.7 Å². The summed E-state index contributed by atoms with van der Waals surface area (Å²) in [6.45, 7) is 2.19. The lowest BCUT2D eigenvalue weighted by Gasteiger charge is -2.38. The second-order valence-electron chi connectivity index (χ2n) is 8.66. The lowest BCUT2D eigenvalue weighted by molar-refractivity contribution is 0.371. The third kappa shape index (κ3) is 3.70. The predicted molar refractivity (Wildman–Crippen MR) is 134 cm³/mol. The van der Waals surface area contributed by atoms with Crippen LogP contribution >= 0.6 is 0 Å². The average molecular weight is 477 g/mol. The van der Waals surface area contributed by atoms with Gasteiger partial charge in [-0.25, -0.2) is 8.42 Å². The van der Waals surface area contributed by atoms with Gasteiger partial charge in [0, 0.05) is 18.2 Å². The lowest BCUT2D eigenvalue weighted by atomic mass is 9.77. The Balaban J connectivity index is 1.52. The van der Waals surface area contributed by atoms with Crippen LogP contribution in [0.2, 0.25) is 0 Å². The molecule has 34 heavy (non-hydrogen) atoms. The molecule has 3 aromatic carbocycles. The number of aromatic hydroxyl groups is 1. The summed E-state index contributed by atoms with van der Waals surface area (Å²) in [5.41, 5.74) is 3.52. The predicted octanol–water partition coefficient (Wildman–Crippen LogP) is 5.44. The van der Waals surface area contributed by atoms with Crippen LogP contribution in [-0.4, -0.2) is 27.2 Å². The first-order valence-electron chi connectivity index (χ1n) is 11.5. The molecular weight excluding hydrogens is 448 g/mol. The molecule has 3 unspecified atom stereocenters. The van der Waals surface area contributed by atoms with E-state index in [1.165, 1.54) is 11.4 Å². The van der Waals surface area contributed by atoms with Gasteiger partial charge in [0.15, 0.2) is 11.5 Å². The summed E-state index contributed by atoms with van der Waals surface area (Å²) in [4.78, 5) is 0.290. The maximum absolute atomic E-state index is 13.6. The number of benzene rings is 3. The summed E-state index contributed by atoms with van der Waals surface area (Å²) < 4.78 is 33.8. The highest BCUT2D eigenvalue weighted by atomic mass is 32.2. The quantitative estimate of drug-likeness (QED) is 0.463. The van der Waals surface area contributed by atoms with Gasteiger partial charge >= 0.3 is 0 Å². The van der Waals surface area contributed by atoms with Gasteiger partial charge in [0.25, 0.3) is 10.0 Å². The molecule has 0 bridgehead atoms. The van der Waals surface area contributed by atoms with Gasteiger partial charge in [-0.2, -0.15) is 0 Å². The highest BCUT2D eigenvalue weighted by molar-refractivity contribution is 7.92. The van der Waals surface area contributed by atoms with E-state index in [1.807, 2.05) is 55.5 Å². The Labute approximate surface area is 200 Å². The van der Waals surface area contributed by atoms with Crippen LogP contribution in [-0.2, 0) is 10.0 Å². The van der Waals surface area contributed by atoms with E-state index >= 15 is 0 Å². The Morgan fingerprint density at radius 3 is 2.59 bits per heavy atom. The molecule has 176 valence electrons. The number of hydrogen-bond donors (Lipinski definition) is 2. The lowest BCUT2D eigenvalue weighted by Crippen LogP contribution is -2.32. The normalized spacial score (nSPS) is 20.8. The zero-order valence-electron chi connectivity index (χ0n) is 19.2. The van der Waals surface area contributed by atoms with Crippen molar-refractivity contribution in [2.24, 2.45) is 5.92 Å². The molecule has 1 aliphatic carbocycles. The maximum Gasteiger partial charge on any atom is 0.264 e. The van der Waals surface area contributed by atoms with E-state index in [9.17, 15) is 13.5 Å². The zero-order chi connectivity index (χ0) is 23.9. The Hall–Kier alpha value is -3.45. The van der Waals surface area contributed by atoms with Gasteiger partial charge in [-0.15, -0.1) is 0 Å². The molecule has 5 rings (SSSR count). The molecule has 3 aromatic rings. The number of anilines is 2. The van der Waals surface area contributed by atoms with Crippen molar-refractivity contribution in [2.75, 3.05) is 23.3 Å². The van der Waals surface area contributed by atoms with Crippen LogP contribution in [0.5, 0.6) is 11.5 Å². The van der Waals surface area contributed by atoms with Crippen molar-refractivity contribution in [1.82, 2.24) is 0 Å². The standard InChI is InChI=1S/C27H28N2O4S/c1-3-29(19-8-5-4-6-9-19)34(31,32)20-13-14-24-23(17-20)21-10-7-11-22(21)27(28-24)18-12-15-26(33-2)25(30)16-18/h4-10,12-17,21-22,27-28,30H,3,11H2,1-2H3. The van der Waals surface area contributed by atoms with E-state index in [0.717, 1.165) is 23.2 Å². The van der Waals surface area contributed by atoms with Crippen molar-refractivity contribution >= 4 is 21.4 Å². The third-order valence-corrected chi connectivity index (χ3v) is 8.71. The van der Waals surface area contributed by atoms with Gasteiger partial charge in [-0.1, -0.05) is 36.4 Å². The van der Waals surface area contributed by atoms with Crippen molar-refractivity contribution in [3.8, 4) is 11.5 Å². The number of allylic oxidation sites excluding steroid dienone is 2. The van der Waals surface area contributed by atoms with Crippen LogP contribution in [0.1, 0.15) is 36.4 Å². The molecule has 0 fully saturated rings. The maximum atomic E-state index is 13.6. The van der Waals surface area contributed by atoms with Gasteiger partial charge in [0.2, 0.25) is 0 Å². The number of phenols is 1. The second-order valence-corrected chi connectivity index (χ2v) is 10.5. The zero-order valence-corrected chi connectivity index (χ0v) is 20.0. The van der Waals surface area contributed by atoms with E-state index < -0.39 is 10.0 Å². The highest BCUT2D eigenvalue weighted by Gasteiger charge is 2.39. The minimum absolute atomic E-state index is 0.0109. The van der Waals surface area contributed by atoms with E-state index in [2.05, 4.69) is 17.5 Å². The van der Waals surface area contributed by atoms with Crippen LogP contribution < -0.4 is 14.4 Å². The molecule has 3 atom stereocenters.